The number of nitrogens with zero attached hydrogens (tertiary/aromatic N) is 1. The van der Waals surface area contributed by atoms with Crippen molar-refractivity contribution >= 4 is 28.3 Å². The van der Waals surface area contributed by atoms with E-state index in [1.54, 1.807) is 0 Å². The van der Waals surface area contributed by atoms with Gasteiger partial charge in [-0.2, -0.15) is 0 Å². The van der Waals surface area contributed by atoms with E-state index in [1.807, 2.05) is 56.5 Å². The molecule has 0 fully saturated rings. The van der Waals surface area contributed by atoms with Crippen molar-refractivity contribution < 1.29 is 14.7 Å². The zero-order valence-corrected chi connectivity index (χ0v) is 15.5. The van der Waals surface area contributed by atoms with Crippen LogP contribution in [0.4, 0.5) is 5.13 Å². The summed E-state index contributed by atoms with van der Waals surface area (Å²) in [6, 6.07) is 9.75. The van der Waals surface area contributed by atoms with Gasteiger partial charge < -0.3 is 10.4 Å². The molecule has 0 spiro atoms. The van der Waals surface area contributed by atoms with Crippen molar-refractivity contribution in [2.75, 3.05) is 5.32 Å². The maximum Gasteiger partial charge on any atom is 0.306 e. The van der Waals surface area contributed by atoms with Crippen molar-refractivity contribution in [3.05, 3.63) is 35.7 Å². The van der Waals surface area contributed by atoms with Gasteiger partial charge in [0.15, 0.2) is 5.13 Å². The van der Waals surface area contributed by atoms with Gasteiger partial charge in [0.25, 0.3) is 0 Å². The molecule has 0 aliphatic heterocycles. The van der Waals surface area contributed by atoms with E-state index in [4.69, 9.17) is 0 Å². The fraction of sp³-hybridized carbons (Fsp3) is 0.421. The normalized spacial score (nSPS) is 13.4. The van der Waals surface area contributed by atoms with Gasteiger partial charge >= 0.3 is 5.97 Å². The number of carbonyl (C=O) groups excluding carboxylic acids is 1. The van der Waals surface area contributed by atoms with Gasteiger partial charge in [0, 0.05) is 17.4 Å². The molecular weight excluding hydrogens is 336 g/mol. The molecule has 5 nitrogen and oxygen atoms in total. The van der Waals surface area contributed by atoms with Crippen LogP contribution in [0.3, 0.4) is 0 Å². The zero-order chi connectivity index (χ0) is 18.4. The lowest BCUT2D eigenvalue weighted by atomic mass is 9.84. The van der Waals surface area contributed by atoms with Gasteiger partial charge in [-0.25, -0.2) is 4.98 Å². The number of nitrogens with one attached hydrogen (secondary N) is 1. The third kappa shape index (κ3) is 5.67. The molecule has 25 heavy (non-hydrogen) atoms. The van der Waals surface area contributed by atoms with Crippen molar-refractivity contribution in [1.82, 2.24) is 4.98 Å². The molecule has 0 radical (unpaired) electrons. The van der Waals surface area contributed by atoms with Crippen LogP contribution in [-0.4, -0.2) is 22.0 Å². The Morgan fingerprint density at radius 1 is 1.20 bits per heavy atom. The number of carboxylic acid groups (broad SMARTS) is 1. The SMILES string of the molecule is CC(C)C[C@H](C(=O)O)[C@@H](C)CC(=O)Nc1nc(-c2ccccc2)cs1. The average molecular weight is 360 g/mol. The molecule has 2 rings (SSSR count). The molecule has 1 aromatic heterocycles. The number of hydrogen-bond acceptors (Lipinski definition) is 4. The van der Waals surface area contributed by atoms with Crippen molar-refractivity contribution in [2.24, 2.45) is 17.8 Å². The van der Waals surface area contributed by atoms with E-state index in [-0.39, 0.29) is 24.2 Å². The minimum atomic E-state index is -0.838. The predicted molar refractivity (Wildman–Crippen MR) is 101 cm³/mol. The third-order valence-corrected chi connectivity index (χ3v) is 4.81. The number of carbonyl (C=O) groups is 2. The summed E-state index contributed by atoms with van der Waals surface area (Å²) in [7, 11) is 0. The van der Waals surface area contributed by atoms with Gasteiger partial charge in [-0.1, -0.05) is 51.1 Å². The summed E-state index contributed by atoms with van der Waals surface area (Å²) < 4.78 is 0. The van der Waals surface area contributed by atoms with Gasteiger partial charge in [-0.15, -0.1) is 11.3 Å². The molecule has 2 N–H and O–H groups in total. The lowest BCUT2D eigenvalue weighted by Crippen LogP contribution is -2.27. The van der Waals surface area contributed by atoms with Crippen LogP contribution >= 0.6 is 11.3 Å². The van der Waals surface area contributed by atoms with Crippen molar-refractivity contribution in [3.63, 3.8) is 0 Å². The van der Waals surface area contributed by atoms with Gasteiger partial charge in [0.2, 0.25) is 5.91 Å². The second-order valence-electron chi connectivity index (χ2n) is 6.71. The Labute approximate surface area is 152 Å². The summed E-state index contributed by atoms with van der Waals surface area (Å²) in [4.78, 5) is 28.1. The fourth-order valence-electron chi connectivity index (χ4n) is 2.76. The van der Waals surface area contributed by atoms with Crippen LogP contribution in [0.2, 0.25) is 0 Å². The van der Waals surface area contributed by atoms with Crippen LogP contribution in [0.5, 0.6) is 0 Å². The second-order valence-corrected chi connectivity index (χ2v) is 7.57. The molecule has 2 aromatic rings. The summed E-state index contributed by atoms with van der Waals surface area (Å²) in [5.74, 6) is -1.50. The quantitative estimate of drug-likeness (QED) is 0.725. The van der Waals surface area contributed by atoms with Crippen molar-refractivity contribution in [3.8, 4) is 11.3 Å². The summed E-state index contributed by atoms with van der Waals surface area (Å²) in [6.45, 7) is 5.80. The number of benzene rings is 1. The monoisotopic (exact) mass is 360 g/mol. The van der Waals surface area contributed by atoms with Gasteiger partial charge in [0.05, 0.1) is 11.6 Å². The van der Waals surface area contributed by atoms with E-state index >= 15 is 0 Å². The van der Waals surface area contributed by atoms with Crippen LogP contribution in [0.15, 0.2) is 35.7 Å². The molecule has 134 valence electrons. The van der Waals surface area contributed by atoms with Crippen LogP contribution in [0, 0.1) is 17.8 Å². The summed E-state index contributed by atoms with van der Waals surface area (Å²) in [6.07, 6.45) is 0.739. The van der Waals surface area contributed by atoms with E-state index in [0.29, 0.717) is 11.6 Å². The second kappa shape index (κ2) is 8.76. The molecule has 1 amide bonds. The highest BCUT2D eigenvalue weighted by Gasteiger charge is 2.27. The van der Waals surface area contributed by atoms with Gasteiger partial charge in [0.1, 0.15) is 0 Å². The van der Waals surface area contributed by atoms with Crippen molar-refractivity contribution in [1.29, 1.82) is 0 Å². The Bertz CT molecular complexity index is 712. The van der Waals surface area contributed by atoms with E-state index in [9.17, 15) is 14.7 Å². The molecule has 1 aromatic carbocycles. The summed E-state index contributed by atoms with van der Waals surface area (Å²) in [5, 5.41) is 14.6. The molecular formula is C19H24N2O3S. The molecule has 0 unspecified atom stereocenters. The van der Waals surface area contributed by atoms with E-state index in [2.05, 4.69) is 10.3 Å². The van der Waals surface area contributed by atoms with Crippen molar-refractivity contribution in [2.45, 2.75) is 33.6 Å². The number of hydrogen-bond donors (Lipinski definition) is 2. The Kier molecular flexibility index (Phi) is 6.70. The molecule has 0 bridgehead atoms. The van der Waals surface area contributed by atoms with E-state index in [1.165, 1.54) is 11.3 Å². The molecule has 0 aliphatic carbocycles. The highest BCUT2D eigenvalue weighted by Crippen LogP contribution is 2.26. The van der Waals surface area contributed by atoms with Crippen LogP contribution in [0.1, 0.15) is 33.6 Å². The third-order valence-electron chi connectivity index (χ3n) is 4.06. The maximum atomic E-state index is 12.2. The number of thiazole rings is 1. The molecule has 1 heterocycles. The topological polar surface area (TPSA) is 79.3 Å². The highest BCUT2D eigenvalue weighted by molar-refractivity contribution is 7.14. The van der Waals surface area contributed by atoms with E-state index in [0.717, 1.165) is 11.3 Å². The maximum absolute atomic E-state index is 12.2. The Morgan fingerprint density at radius 2 is 1.88 bits per heavy atom. The molecule has 0 saturated heterocycles. The first kappa shape index (κ1) is 19.1. The Balaban J connectivity index is 1.96. The van der Waals surface area contributed by atoms with E-state index < -0.39 is 11.9 Å². The first-order valence-electron chi connectivity index (χ1n) is 8.40. The standard InChI is InChI=1S/C19H24N2O3S/c1-12(2)9-15(18(23)24)13(3)10-17(22)21-19-20-16(11-25-19)14-7-5-4-6-8-14/h4-8,11-13,15H,9-10H2,1-3H3,(H,23,24)(H,20,21,22)/t13-,15-/m0/s1. The fourth-order valence-corrected chi connectivity index (χ4v) is 3.50. The molecule has 0 saturated carbocycles. The first-order chi connectivity index (χ1) is 11.9. The number of aliphatic carboxylic acids is 1. The predicted octanol–water partition coefficient (Wildman–Crippen LogP) is 4.52. The smallest absolute Gasteiger partial charge is 0.306 e. The van der Waals surface area contributed by atoms with Crippen LogP contribution in [-0.2, 0) is 9.59 Å². The molecule has 2 atom stereocenters. The van der Waals surface area contributed by atoms with Gasteiger partial charge in [-0.3, -0.25) is 9.59 Å². The Hall–Kier alpha value is -2.21. The Morgan fingerprint density at radius 3 is 2.48 bits per heavy atom. The zero-order valence-electron chi connectivity index (χ0n) is 14.7. The number of aromatic nitrogens is 1. The number of amides is 1. The van der Waals surface area contributed by atoms with Crippen LogP contribution in [0.25, 0.3) is 11.3 Å². The van der Waals surface area contributed by atoms with Gasteiger partial charge in [-0.05, 0) is 18.3 Å². The number of rotatable bonds is 8. The lowest BCUT2D eigenvalue weighted by Gasteiger charge is -2.21. The average Bonchev–Trinajstić information content (AvgIpc) is 3.01. The number of anilines is 1. The molecule has 0 aliphatic rings. The minimum Gasteiger partial charge on any atom is -0.481 e. The first-order valence-corrected chi connectivity index (χ1v) is 9.28. The number of carboxylic acids is 1. The van der Waals surface area contributed by atoms with Crippen LogP contribution < -0.4 is 5.32 Å². The largest absolute Gasteiger partial charge is 0.481 e. The lowest BCUT2D eigenvalue weighted by molar-refractivity contribution is -0.144. The highest BCUT2D eigenvalue weighted by atomic mass is 32.1. The molecule has 6 heteroatoms. The summed E-state index contributed by atoms with van der Waals surface area (Å²) >= 11 is 1.37. The summed E-state index contributed by atoms with van der Waals surface area (Å²) in [5.41, 5.74) is 1.81. The minimum absolute atomic E-state index is 0.171.